The number of piperidine rings is 1. The van der Waals surface area contributed by atoms with Crippen LogP contribution in [0.3, 0.4) is 0 Å². The Kier molecular flexibility index (Phi) is 31.0. The summed E-state index contributed by atoms with van der Waals surface area (Å²) in [7, 11) is 6.31. The number of hydrogen-bond donors (Lipinski definition) is 0. The SMILES string of the molecule is C.C.CC(C)CC(=O)N(C)C1CCN(C)CC1.CC(C)CN1CCN(C)CC1.CCC(C)C.CCC(C)C. The van der Waals surface area contributed by atoms with Crippen molar-refractivity contribution in [3.8, 4) is 0 Å². The van der Waals surface area contributed by atoms with Crippen LogP contribution in [0.2, 0.25) is 0 Å². The lowest BCUT2D eigenvalue weighted by Gasteiger charge is -2.35. The summed E-state index contributed by atoms with van der Waals surface area (Å²) in [5.41, 5.74) is 0. The number of hydrogen-bond acceptors (Lipinski definition) is 4. The summed E-state index contributed by atoms with van der Waals surface area (Å²) < 4.78 is 0. The van der Waals surface area contributed by atoms with E-state index in [0.29, 0.717) is 24.3 Å². The number of amides is 1. The van der Waals surface area contributed by atoms with Crippen LogP contribution in [-0.4, -0.2) is 98.5 Å². The van der Waals surface area contributed by atoms with E-state index >= 15 is 0 Å². The summed E-state index contributed by atoms with van der Waals surface area (Å²) in [6.45, 7) is 30.6. The molecule has 0 spiro atoms. The molecule has 2 aliphatic heterocycles. The van der Waals surface area contributed by atoms with E-state index in [1.807, 2.05) is 11.9 Å². The largest absolute Gasteiger partial charge is 0.343 e. The monoisotopic (exact) mass is 545 g/mol. The normalized spacial score (nSPS) is 16.9. The Morgan fingerprint density at radius 3 is 1.37 bits per heavy atom. The molecule has 5 heteroatoms. The lowest BCUT2D eigenvalue weighted by molar-refractivity contribution is -0.133. The topological polar surface area (TPSA) is 30.0 Å². The van der Waals surface area contributed by atoms with Crippen molar-refractivity contribution in [2.45, 2.75) is 122 Å². The van der Waals surface area contributed by atoms with Crippen molar-refractivity contribution in [3.63, 3.8) is 0 Å². The fraction of sp³-hybridized carbons (Fsp3) is 0.970. The van der Waals surface area contributed by atoms with Crippen LogP contribution in [0.15, 0.2) is 0 Å². The molecule has 5 nitrogen and oxygen atoms in total. The van der Waals surface area contributed by atoms with E-state index in [1.165, 1.54) is 45.6 Å². The number of carbonyl (C=O) groups excluding carboxylic acids is 1. The van der Waals surface area contributed by atoms with Gasteiger partial charge >= 0.3 is 0 Å². The molecule has 38 heavy (non-hydrogen) atoms. The van der Waals surface area contributed by atoms with Crippen molar-refractivity contribution in [2.24, 2.45) is 23.7 Å². The summed E-state index contributed by atoms with van der Waals surface area (Å²) in [6.07, 6.45) is 5.54. The van der Waals surface area contributed by atoms with Gasteiger partial charge in [-0.1, -0.05) is 96.9 Å². The van der Waals surface area contributed by atoms with Crippen LogP contribution in [0.25, 0.3) is 0 Å². The third-order valence-corrected chi connectivity index (χ3v) is 7.06. The Balaban J connectivity index is -0.000000221. The van der Waals surface area contributed by atoms with Gasteiger partial charge in [-0.15, -0.1) is 0 Å². The van der Waals surface area contributed by atoms with Gasteiger partial charge in [0, 0.05) is 52.2 Å². The summed E-state index contributed by atoms with van der Waals surface area (Å²) in [6, 6.07) is 0.465. The number of carbonyl (C=O) groups is 1. The molecule has 2 fully saturated rings. The van der Waals surface area contributed by atoms with Gasteiger partial charge in [0.1, 0.15) is 0 Å². The molecule has 2 saturated heterocycles. The molecule has 0 atom stereocenters. The third kappa shape index (κ3) is 26.9. The molecule has 0 saturated carbocycles. The maximum Gasteiger partial charge on any atom is 0.222 e. The van der Waals surface area contributed by atoms with Gasteiger partial charge in [-0.2, -0.15) is 0 Å². The number of likely N-dealkylation sites (tertiary alicyclic amines) is 1. The highest BCUT2D eigenvalue weighted by Crippen LogP contribution is 2.16. The Morgan fingerprint density at radius 2 is 1.05 bits per heavy atom. The first-order chi connectivity index (χ1) is 16.7. The predicted octanol–water partition coefficient (Wildman–Crippen LogP) is 7.85. The van der Waals surface area contributed by atoms with Crippen LogP contribution in [0, 0.1) is 23.7 Å². The quantitative estimate of drug-likeness (QED) is 0.326. The van der Waals surface area contributed by atoms with Gasteiger partial charge in [-0.3, -0.25) is 4.79 Å². The third-order valence-electron chi connectivity index (χ3n) is 7.06. The van der Waals surface area contributed by atoms with E-state index in [1.54, 1.807) is 0 Å². The number of nitrogens with zero attached hydrogens (tertiary/aromatic N) is 4. The molecule has 2 aliphatic rings. The molecule has 0 N–H and O–H groups in total. The molecule has 1 amide bonds. The molecule has 0 aromatic carbocycles. The zero-order valence-corrected chi connectivity index (χ0v) is 27.1. The molecule has 234 valence electrons. The van der Waals surface area contributed by atoms with Crippen LogP contribution in [0.1, 0.15) is 116 Å². The standard InChI is InChI=1S/C12H24N2O.C9H20N2.2C5H12.2CH4/c1-10(2)9-12(15)14(4)11-5-7-13(3)8-6-11;1-9(2)8-11-6-4-10(3)5-7-11;2*1-4-5(2)3;;/h10-11H,5-9H2,1-4H3;9H,4-8H2,1-3H3;2*5H,4H2,1-3H3;2*1H4. The van der Waals surface area contributed by atoms with E-state index in [4.69, 9.17) is 0 Å². The molecular formula is C33H76N4O. The zero-order chi connectivity index (χ0) is 28.3. The number of piperazine rings is 1. The molecular weight excluding hydrogens is 468 g/mol. The molecule has 0 radical (unpaired) electrons. The predicted molar refractivity (Wildman–Crippen MR) is 175 cm³/mol. The first-order valence-corrected chi connectivity index (χ1v) is 15.1. The lowest BCUT2D eigenvalue weighted by Crippen LogP contribution is -2.45. The van der Waals surface area contributed by atoms with Crippen molar-refractivity contribution in [2.75, 3.05) is 67.0 Å². The van der Waals surface area contributed by atoms with Crippen molar-refractivity contribution in [1.82, 2.24) is 19.6 Å². The van der Waals surface area contributed by atoms with E-state index in [-0.39, 0.29) is 14.9 Å². The van der Waals surface area contributed by atoms with Crippen molar-refractivity contribution >= 4 is 5.91 Å². The minimum absolute atomic E-state index is 0. The smallest absolute Gasteiger partial charge is 0.222 e. The average molecular weight is 545 g/mol. The molecule has 0 aromatic heterocycles. The van der Waals surface area contributed by atoms with Crippen LogP contribution in [-0.2, 0) is 4.79 Å². The summed E-state index contributed by atoms with van der Waals surface area (Å²) in [5.74, 6) is 3.36. The molecule has 0 unspecified atom stereocenters. The molecule has 0 bridgehead atoms. The van der Waals surface area contributed by atoms with Crippen LogP contribution in [0.5, 0.6) is 0 Å². The van der Waals surface area contributed by atoms with Crippen molar-refractivity contribution in [1.29, 1.82) is 0 Å². The minimum atomic E-state index is 0. The van der Waals surface area contributed by atoms with Gasteiger partial charge in [-0.05, 0) is 63.7 Å². The average Bonchev–Trinajstić information content (AvgIpc) is 2.81. The van der Waals surface area contributed by atoms with Gasteiger partial charge in [0.2, 0.25) is 5.91 Å². The van der Waals surface area contributed by atoms with Crippen LogP contribution >= 0.6 is 0 Å². The van der Waals surface area contributed by atoms with Gasteiger partial charge < -0.3 is 19.6 Å². The number of rotatable bonds is 7. The Hall–Kier alpha value is -0.650. The Morgan fingerprint density at radius 1 is 0.684 bits per heavy atom. The van der Waals surface area contributed by atoms with Gasteiger partial charge in [-0.25, -0.2) is 0 Å². The molecule has 0 aliphatic carbocycles. The fourth-order valence-electron chi connectivity index (χ4n) is 3.63. The van der Waals surface area contributed by atoms with E-state index < -0.39 is 0 Å². The highest BCUT2D eigenvalue weighted by atomic mass is 16.2. The summed E-state index contributed by atoms with van der Waals surface area (Å²) >= 11 is 0. The van der Waals surface area contributed by atoms with Crippen LogP contribution in [0.4, 0.5) is 0 Å². The summed E-state index contributed by atoms with van der Waals surface area (Å²) in [5, 5.41) is 0. The van der Waals surface area contributed by atoms with Gasteiger partial charge in [0.05, 0.1) is 0 Å². The van der Waals surface area contributed by atoms with E-state index in [2.05, 4.69) is 98.0 Å². The molecule has 2 heterocycles. The highest BCUT2D eigenvalue weighted by molar-refractivity contribution is 5.76. The van der Waals surface area contributed by atoms with Crippen molar-refractivity contribution in [3.05, 3.63) is 0 Å². The second kappa shape index (κ2) is 26.6. The van der Waals surface area contributed by atoms with Gasteiger partial charge in [0.15, 0.2) is 0 Å². The first kappa shape index (κ1) is 44.4. The maximum absolute atomic E-state index is 11.8. The van der Waals surface area contributed by atoms with E-state index in [0.717, 1.165) is 43.7 Å². The maximum atomic E-state index is 11.8. The Labute approximate surface area is 243 Å². The minimum Gasteiger partial charge on any atom is -0.343 e. The first-order valence-electron chi connectivity index (χ1n) is 15.1. The second-order valence-corrected chi connectivity index (χ2v) is 12.7. The number of likely N-dealkylation sites (N-methyl/N-ethyl adjacent to an activating group) is 1. The van der Waals surface area contributed by atoms with Gasteiger partial charge in [0.25, 0.3) is 0 Å². The second-order valence-electron chi connectivity index (χ2n) is 12.7. The molecule has 0 aromatic rings. The summed E-state index contributed by atoms with van der Waals surface area (Å²) in [4.78, 5) is 21.1. The van der Waals surface area contributed by atoms with Crippen molar-refractivity contribution < 1.29 is 4.79 Å². The lowest BCUT2D eigenvalue weighted by atomic mass is 10.0. The van der Waals surface area contributed by atoms with Crippen LogP contribution < -0.4 is 0 Å². The highest BCUT2D eigenvalue weighted by Gasteiger charge is 2.23. The fourth-order valence-corrected chi connectivity index (χ4v) is 3.63. The molecule has 2 rings (SSSR count). The van der Waals surface area contributed by atoms with E-state index in [9.17, 15) is 4.79 Å². The zero-order valence-electron chi connectivity index (χ0n) is 27.1. The Bertz CT molecular complexity index is 483.